The lowest BCUT2D eigenvalue weighted by Gasteiger charge is -2.15. The second kappa shape index (κ2) is 6.69. The Morgan fingerprint density at radius 1 is 1.41 bits per heavy atom. The van der Waals surface area contributed by atoms with Crippen LogP contribution in [0.1, 0.15) is 15.9 Å². The van der Waals surface area contributed by atoms with Gasteiger partial charge in [-0.25, -0.2) is 0 Å². The van der Waals surface area contributed by atoms with Crippen molar-refractivity contribution in [2.45, 2.75) is 0 Å². The maximum Gasteiger partial charge on any atom is 0.253 e. The van der Waals surface area contributed by atoms with E-state index in [-0.39, 0.29) is 12.5 Å². The molecule has 0 atom stereocenters. The third kappa shape index (κ3) is 3.91. The van der Waals surface area contributed by atoms with Crippen LogP contribution in [-0.4, -0.2) is 42.7 Å². The van der Waals surface area contributed by atoms with Gasteiger partial charge in [0.2, 0.25) is 0 Å². The van der Waals surface area contributed by atoms with Crippen LogP contribution in [0.15, 0.2) is 24.3 Å². The average Bonchev–Trinajstić information content (AvgIpc) is 2.36. The summed E-state index contributed by atoms with van der Waals surface area (Å²) in [5.41, 5.74) is 6.68. The van der Waals surface area contributed by atoms with Crippen LogP contribution in [0, 0.1) is 11.8 Å². The summed E-state index contributed by atoms with van der Waals surface area (Å²) >= 11 is 0. The van der Waals surface area contributed by atoms with Crippen LogP contribution in [0.25, 0.3) is 0 Å². The van der Waals surface area contributed by atoms with Gasteiger partial charge in [-0.05, 0) is 24.3 Å². The molecule has 0 fully saturated rings. The summed E-state index contributed by atoms with van der Waals surface area (Å²) in [4.78, 5) is 13.3. The third-order valence-electron chi connectivity index (χ3n) is 2.25. The molecule has 4 heteroatoms. The van der Waals surface area contributed by atoms with Crippen molar-refractivity contribution in [2.75, 3.05) is 26.7 Å². The number of rotatable bonds is 3. The molecular weight excluding hydrogens is 216 g/mol. The van der Waals surface area contributed by atoms with Gasteiger partial charge in [0.05, 0.1) is 13.2 Å². The summed E-state index contributed by atoms with van der Waals surface area (Å²) in [6.45, 7) is 0.607. The lowest BCUT2D eigenvalue weighted by molar-refractivity contribution is 0.0767. The van der Waals surface area contributed by atoms with Crippen LogP contribution in [0.5, 0.6) is 0 Å². The van der Waals surface area contributed by atoms with Gasteiger partial charge >= 0.3 is 0 Å². The van der Waals surface area contributed by atoms with Crippen molar-refractivity contribution >= 4 is 5.91 Å². The van der Waals surface area contributed by atoms with Crippen molar-refractivity contribution in [1.82, 2.24) is 4.90 Å². The minimum Gasteiger partial charge on any atom is -0.395 e. The number of benzene rings is 1. The maximum atomic E-state index is 11.8. The minimum absolute atomic E-state index is 0.0394. The Morgan fingerprint density at radius 2 is 2.06 bits per heavy atom. The minimum atomic E-state index is -0.114. The lowest BCUT2D eigenvalue weighted by atomic mass is 10.1. The number of carbonyl (C=O) groups excluding carboxylic acids is 1. The number of amides is 1. The smallest absolute Gasteiger partial charge is 0.253 e. The maximum absolute atomic E-state index is 11.8. The summed E-state index contributed by atoms with van der Waals surface area (Å²) in [5, 5.41) is 8.75. The normalized spacial score (nSPS) is 9.35. The predicted octanol–water partition coefficient (Wildman–Crippen LogP) is 0.0611. The molecule has 0 radical (unpaired) electrons. The zero-order chi connectivity index (χ0) is 12.7. The van der Waals surface area contributed by atoms with Gasteiger partial charge < -0.3 is 15.7 Å². The van der Waals surface area contributed by atoms with Crippen molar-refractivity contribution < 1.29 is 9.90 Å². The standard InChI is InChI=1S/C13H16N2O2/c1-15(9-10-16)13(17)12-6-4-11(5-7-12)3-2-8-14/h4-7,16H,8-10,14H2,1H3. The molecular formula is C13H16N2O2. The zero-order valence-electron chi connectivity index (χ0n) is 9.81. The number of likely N-dealkylation sites (N-methyl/N-ethyl adjacent to an activating group) is 1. The Hall–Kier alpha value is -1.83. The van der Waals surface area contributed by atoms with Crippen LogP contribution in [0.3, 0.4) is 0 Å². The summed E-state index contributed by atoms with van der Waals surface area (Å²) in [6, 6.07) is 7.00. The molecule has 0 aliphatic rings. The molecule has 0 saturated carbocycles. The van der Waals surface area contributed by atoms with Crippen molar-refractivity contribution in [3.63, 3.8) is 0 Å². The Morgan fingerprint density at radius 3 is 2.59 bits per heavy atom. The van der Waals surface area contributed by atoms with Crippen LogP contribution < -0.4 is 5.73 Å². The Kier molecular flexibility index (Phi) is 5.21. The van der Waals surface area contributed by atoms with E-state index in [0.29, 0.717) is 18.7 Å². The molecule has 0 spiro atoms. The first-order chi connectivity index (χ1) is 8.19. The average molecular weight is 232 g/mol. The number of hydrogen-bond acceptors (Lipinski definition) is 3. The predicted molar refractivity (Wildman–Crippen MR) is 66.4 cm³/mol. The van der Waals surface area contributed by atoms with Crippen molar-refractivity contribution in [2.24, 2.45) is 5.73 Å². The second-order valence-electron chi connectivity index (χ2n) is 3.53. The number of aliphatic hydroxyl groups is 1. The molecule has 17 heavy (non-hydrogen) atoms. The van der Waals surface area contributed by atoms with E-state index in [2.05, 4.69) is 11.8 Å². The molecule has 3 N–H and O–H groups in total. The lowest BCUT2D eigenvalue weighted by Crippen LogP contribution is -2.29. The molecule has 0 heterocycles. The number of nitrogens with zero attached hydrogens (tertiary/aromatic N) is 1. The van der Waals surface area contributed by atoms with E-state index in [4.69, 9.17) is 10.8 Å². The van der Waals surface area contributed by atoms with E-state index < -0.39 is 0 Å². The van der Waals surface area contributed by atoms with E-state index >= 15 is 0 Å². The van der Waals surface area contributed by atoms with Gasteiger partial charge in [0, 0.05) is 24.7 Å². The molecule has 1 aromatic carbocycles. The summed E-state index contributed by atoms with van der Waals surface area (Å²) < 4.78 is 0. The van der Waals surface area contributed by atoms with E-state index in [9.17, 15) is 4.79 Å². The monoisotopic (exact) mass is 232 g/mol. The number of carbonyl (C=O) groups is 1. The van der Waals surface area contributed by atoms with E-state index in [0.717, 1.165) is 5.56 Å². The Balaban J connectivity index is 2.77. The molecule has 1 aromatic rings. The van der Waals surface area contributed by atoms with Crippen LogP contribution in [0.2, 0.25) is 0 Å². The van der Waals surface area contributed by atoms with Gasteiger partial charge in [0.15, 0.2) is 0 Å². The van der Waals surface area contributed by atoms with Gasteiger partial charge in [-0.2, -0.15) is 0 Å². The third-order valence-corrected chi connectivity index (χ3v) is 2.25. The summed E-state index contributed by atoms with van der Waals surface area (Å²) in [5.74, 6) is 5.52. The van der Waals surface area contributed by atoms with Crippen molar-refractivity contribution in [1.29, 1.82) is 0 Å². The van der Waals surface area contributed by atoms with Crippen molar-refractivity contribution in [3.05, 3.63) is 35.4 Å². The van der Waals surface area contributed by atoms with Gasteiger partial charge in [-0.15, -0.1) is 0 Å². The van der Waals surface area contributed by atoms with Crippen LogP contribution in [-0.2, 0) is 0 Å². The first-order valence-corrected chi connectivity index (χ1v) is 5.34. The van der Waals surface area contributed by atoms with Crippen LogP contribution in [0.4, 0.5) is 0 Å². The van der Waals surface area contributed by atoms with E-state index in [1.807, 2.05) is 0 Å². The molecule has 0 bridgehead atoms. The van der Waals surface area contributed by atoms with Gasteiger partial charge in [0.25, 0.3) is 5.91 Å². The molecule has 0 aliphatic carbocycles. The van der Waals surface area contributed by atoms with Gasteiger partial charge in [-0.3, -0.25) is 4.79 Å². The van der Waals surface area contributed by atoms with Crippen LogP contribution >= 0.6 is 0 Å². The number of hydrogen-bond donors (Lipinski definition) is 2. The Bertz CT molecular complexity index is 429. The molecule has 0 aromatic heterocycles. The number of aliphatic hydroxyl groups excluding tert-OH is 1. The highest BCUT2D eigenvalue weighted by Gasteiger charge is 2.10. The van der Waals surface area contributed by atoms with Crippen molar-refractivity contribution in [3.8, 4) is 11.8 Å². The topological polar surface area (TPSA) is 66.6 Å². The highest BCUT2D eigenvalue weighted by molar-refractivity contribution is 5.94. The highest BCUT2D eigenvalue weighted by Crippen LogP contribution is 2.06. The molecule has 0 aliphatic heterocycles. The molecule has 0 saturated heterocycles. The van der Waals surface area contributed by atoms with E-state index in [1.54, 1.807) is 31.3 Å². The molecule has 90 valence electrons. The zero-order valence-corrected chi connectivity index (χ0v) is 9.81. The number of nitrogens with two attached hydrogens (primary N) is 1. The molecule has 1 rings (SSSR count). The SMILES string of the molecule is CN(CCO)C(=O)c1ccc(C#CCN)cc1. The Labute approximate surface area is 101 Å². The fraction of sp³-hybridized carbons (Fsp3) is 0.308. The highest BCUT2D eigenvalue weighted by atomic mass is 16.3. The van der Waals surface area contributed by atoms with E-state index in [1.165, 1.54) is 4.90 Å². The fourth-order valence-electron chi connectivity index (χ4n) is 1.32. The fourth-order valence-corrected chi connectivity index (χ4v) is 1.32. The molecule has 4 nitrogen and oxygen atoms in total. The summed E-state index contributed by atoms with van der Waals surface area (Å²) in [6.07, 6.45) is 0. The molecule has 1 amide bonds. The first kappa shape index (κ1) is 13.2. The first-order valence-electron chi connectivity index (χ1n) is 5.34. The van der Waals surface area contributed by atoms with Gasteiger partial charge in [-0.1, -0.05) is 11.8 Å². The largest absolute Gasteiger partial charge is 0.395 e. The second-order valence-corrected chi connectivity index (χ2v) is 3.53. The molecule has 0 unspecified atom stereocenters. The summed E-state index contributed by atoms with van der Waals surface area (Å²) in [7, 11) is 1.65. The van der Waals surface area contributed by atoms with Gasteiger partial charge in [0.1, 0.15) is 0 Å². The quantitative estimate of drug-likeness (QED) is 0.724.